The van der Waals surface area contributed by atoms with Crippen LogP contribution in [0.25, 0.3) is 16.7 Å². The zero-order valence-corrected chi connectivity index (χ0v) is 12.5. The van der Waals surface area contributed by atoms with Crippen molar-refractivity contribution in [2.75, 3.05) is 5.32 Å². The van der Waals surface area contributed by atoms with Crippen LogP contribution in [-0.4, -0.2) is 25.8 Å². The number of fused-ring (bicyclic) bond motifs is 1. The number of benzene rings is 1. The Hall–Kier alpha value is -2.43. The van der Waals surface area contributed by atoms with Gasteiger partial charge in [-0.3, -0.25) is 0 Å². The predicted molar refractivity (Wildman–Crippen MR) is 84.8 cm³/mol. The highest BCUT2D eigenvalue weighted by atomic mass is 15.3. The lowest BCUT2D eigenvalue weighted by atomic mass is 10.1. The monoisotopic (exact) mass is 281 g/mol. The standard InChI is InChI=1S/C16H19N5/c1-4-12-5-7-13(8-6-12)21-16-14(9-19-21)15(17-10-18-16)20-11(2)3/h5-11H,4H2,1-3H3,(H,17,18,20). The highest BCUT2D eigenvalue weighted by Crippen LogP contribution is 2.22. The molecule has 0 amide bonds. The van der Waals surface area contributed by atoms with Gasteiger partial charge in [0.15, 0.2) is 5.65 Å². The van der Waals surface area contributed by atoms with Gasteiger partial charge in [-0.05, 0) is 38.0 Å². The van der Waals surface area contributed by atoms with E-state index in [1.54, 1.807) is 6.33 Å². The number of aryl methyl sites for hydroxylation is 1. The first kappa shape index (κ1) is 13.5. The zero-order valence-electron chi connectivity index (χ0n) is 12.5. The lowest BCUT2D eigenvalue weighted by Gasteiger charge is -2.09. The molecule has 0 unspecified atom stereocenters. The summed E-state index contributed by atoms with van der Waals surface area (Å²) in [5.74, 6) is 0.825. The van der Waals surface area contributed by atoms with Gasteiger partial charge in [0, 0.05) is 6.04 Å². The first-order valence-electron chi connectivity index (χ1n) is 7.23. The summed E-state index contributed by atoms with van der Waals surface area (Å²) in [5, 5.41) is 8.73. The fourth-order valence-corrected chi connectivity index (χ4v) is 2.29. The first-order valence-corrected chi connectivity index (χ1v) is 7.23. The van der Waals surface area contributed by atoms with Crippen molar-refractivity contribution in [2.24, 2.45) is 0 Å². The van der Waals surface area contributed by atoms with Crippen molar-refractivity contribution >= 4 is 16.9 Å². The fourth-order valence-electron chi connectivity index (χ4n) is 2.29. The van der Waals surface area contributed by atoms with E-state index >= 15 is 0 Å². The molecule has 5 nitrogen and oxygen atoms in total. The molecule has 1 aromatic carbocycles. The number of nitrogens with one attached hydrogen (secondary N) is 1. The van der Waals surface area contributed by atoms with E-state index < -0.39 is 0 Å². The maximum Gasteiger partial charge on any atom is 0.168 e. The highest BCUT2D eigenvalue weighted by molar-refractivity contribution is 5.87. The molecular formula is C16H19N5. The molecule has 0 spiro atoms. The summed E-state index contributed by atoms with van der Waals surface area (Å²) in [6.07, 6.45) is 4.42. The molecule has 108 valence electrons. The van der Waals surface area contributed by atoms with Crippen LogP contribution >= 0.6 is 0 Å². The van der Waals surface area contributed by atoms with Crippen LogP contribution in [-0.2, 0) is 6.42 Å². The summed E-state index contributed by atoms with van der Waals surface area (Å²) in [4.78, 5) is 8.68. The summed E-state index contributed by atoms with van der Waals surface area (Å²) in [7, 11) is 0. The van der Waals surface area contributed by atoms with Crippen molar-refractivity contribution in [3.8, 4) is 5.69 Å². The molecule has 2 aromatic heterocycles. The first-order chi connectivity index (χ1) is 10.2. The third-order valence-corrected chi connectivity index (χ3v) is 3.38. The maximum atomic E-state index is 4.46. The van der Waals surface area contributed by atoms with Crippen LogP contribution in [0.2, 0.25) is 0 Å². The van der Waals surface area contributed by atoms with Gasteiger partial charge in [0.1, 0.15) is 12.1 Å². The van der Waals surface area contributed by atoms with E-state index in [9.17, 15) is 0 Å². The number of nitrogens with zero attached hydrogens (tertiary/aromatic N) is 4. The molecule has 0 fully saturated rings. The van der Waals surface area contributed by atoms with Crippen molar-refractivity contribution in [3.63, 3.8) is 0 Å². The van der Waals surface area contributed by atoms with Crippen LogP contribution in [0.3, 0.4) is 0 Å². The van der Waals surface area contributed by atoms with Crippen LogP contribution in [0.5, 0.6) is 0 Å². The van der Waals surface area contributed by atoms with Crippen molar-refractivity contribution in [1.82, 2.24) is 19.7 Å². The third kappa shape index (κ3) is 2.59. The van der Waals surface area contributed by atoms with Gasteiger partial charge >= 0.3 is 0 Å². The Balaban J connectivity index is 2.07. The van der Waals surface area contributed by atoms with Crippen LogP contribution in [0.15, 0.2) is 36.8 Å². The highest BCUT2D eigenvalue weighted by Gasteiger charge is 2.11. The molecule has 5 heteroatoms. The summed E-state index contributed by atoms with van der Waals surface area (Å²) in [5.41, 5.74) is 3.14. The quantitative estimate of drug-likeness (QED) is 0.798. The molecule has 0 radical (unpaired) electrons. The maximum absolute atomic E-state index is 4.46. The van der Waals surface area contributed by atoms with Crippen LogP contribution < -0.4 is 5.32 Å². The van der Waals surface area contributed by atoms with Crippen molar-refractivity contribution in [1.29, 1.82) is 0 Å². The van der Waals surface area contributed by atoms with Gasteiger partial charge in [0.25, 0.3) is 0 Å². The van der Waals surface area contributed by atoms with Gasteiger partial charge in [-0.15, -0.1) is 0 Å². The molecular weight excluding hydrogens is 262 g/mol. The van der Waals surface area contributed by atoms with Crippen LogP contribution in [0.4, 0.5) is 5.82 Å². The Morgan fingerprint density at radius 3 is 2.57 bits per heavy atom. The fraction of sp³-hybridized carbons (Fsp3) is 0.312. The van der Waals surface area contributed by atoms with E-state index in [1.165, 1.54) is 5.56 Å². The van der Waals surface area contributed by atoms with Crippen molar-refractivity contribution in [3.05, 3.63) is 42.4 Å². The van der Waals surface area contributed by atoms with E-state index in [2.05, 4.69) is 65.4 Å². The molecule has 21 heavy (non-hydrogen) atoms. The molecule has 0 saturated carbocycles. The molecule has 0 aliphatic carbocycles. The third-order valence-electron chi connectivity index (χ3n) is 3.38. The minimum Gasteiger partial charge on any atom is -0.367 e. The summed E-state index contributed by atoms with van der Waals surface area (Å²) < 4.78 is 1.85. The Bertz CT molecular complexity index is 743. The molecule has 0 bridgehead atoms. The molecule has 1 N–H and O–H groups in total. The van der Waals surface area contributed by atoms with E-state index in [-0.39, 0.29) is 0 Å². The molecule has 0 aliphatic heterocycles. The second-order valence-corrected chi connectivity index (χ2v) is 5.33. The molecule has 2 heterocycles. The van der Waals surface area contributed by atoms with Crippen LogP contribution in [0, 0.1) is 0 Å². The molecule has 0 atom stereocenters. The lowest BCUT2D eigenvalue weighted by molar-refractivity contribution is 0.884. The molecule has 0 saturated heterocycles. The Morgan fingerprint density at radius 1 is 1.14 bits per heavy atom. The van der Waals surface area contributed by atoms with Gasteiger partial charge in [-0.25, -0.2) is 14.6 Å². The average Bonchev–Trinajstić information content (AvgIpc) is 2.92. The van der Waals surface area contributed by atoms with Gasteiger partial charge in [-0.2, -0.15) is 5.10 Å². The largest absolute Gasteiger partial charge is 0.367 e. The van der Waals surface area contributed by atoms with Gasteiger partial charge in [0.05, 0.1) is 17.3 Å². The van der Waals surface area contributed by atoms with Gasteiger partial charge in [0.2, 0.25) is 0 Å². The number of rotatable bonds is 4. The molecule has 3 aromatic rings. The van der Waals surface area contributed by atoms with Crippen LogP contribution in [0.1, 0.15) is 26.3 Å². The minimum atomic E-state index is 0.315. The van der Waals surface area contributed by atoms with Crippen molar-refractivity contribution < 1.29 is 0 Å². The Kier molecular flexibility index (Phi) is 3.56. The average molecular weight is 281 g/mol. The van der Waals surface area contributed by atoms with Gasteiger partial charge in [-0.1, -0.05) is 19.1 Å². The molecule has 3 rings (SSSR count). The second kappa shape index (κ2) is 5.52. The minimum absolute atomic E-state index is 0.315. The number of hydrogen-bond donors (Lipinski definition) is 1. The number of hydrogen-bond acceptors (Lipinski definition) is 4. The Morgan fingerprint density at radius 2 is 1.90 bits per heavy atom. The Labute approximate surface area is 124 Å². The van der Waals surface area contributed by atoms with E-state index in [0.29, 0.717) is 6.04 Å². The summed E-state index contributed by atoms with van der Waals surface area (Å²) in [6, 6.07) is 8.70. The predicted octanol–water partition coefficient (Wildman–Crippen LogP) is 3.20. The van der Waals surface area contributed by atoms with E-state index in [0.717, 1.165) is 29.0 Å². The van der Waals surface area contributed by atoms with E-state index in [4.69, 9.17) is 0 Å². The normalized spacial score (nSPS) is 11.2. The number of anilines is 1. The summed E-state index contributed by atoms with van der Waals surface area (Å²) in [6.45, 7) is 6.32. The van der Waals surface area contributed by atoms with Gasteiger partial charge < -0.3 is 5.32 Å². The second-order valence-electron chi connectivity index (χ2n) is 5.33. The lowest BCUT2D eigenvalue weighted by Crippen LogP contribution is -2.11. The van der Waals surface area contributed by atoms with Crippen molar-refractivity contribution in [2.45, 2.75) is 33.2 Å². The molecule has 0 aliphatic rings. The SMILES string of the molecule is CCc1ccc(-n2ncc3c(NC(C)C)ncnc32)cc1. The summed E-state index contributed by atoms with van der Waals surface area (Å²) >= 11 is 0. The van der Waals surface area contributed by atoms with E-state index in [1.807, 2.05) is 10.9 Å². The zero-order chi connectivity index (χ0) is 14.8. The smallest absolute Gasteiger partial charge is 0.168 e. The number of aromatic nitrogens is 4. The topological polar surface area (TPSA) is 55.6 Å².